The van der Waals surface area contributed by atoms with E-state index in [9.17, 15) is 0 Å². The molecule has 0 aliphatic carbocycles. The predicted octanol–water partition coefficient (Wildman–Crippen LogP) is 18.7. The Morgan fingerprint density at radius 2 is 0.986 bits per heavy atom. The summed E-state index contributed by atoms with van der Waals surface area (Å²) in [5.41, 5.74) is 16.6. The van der Waals surface area contributed by atoms with Gasteiger partial charge in [0.15, 0.2) is 5.58 Å². The molecule has 7 heteroatoms. The minimum atomic E-state index is 0. The van der Waals surface area contributed by atoms with Gasteiger partial charge in [-0.15, -0.1) is 0 Å². The van der Waals surface area contributed by atoms with E-state index in [0.29, 0.717) is 35.5 Å². The van der Waals surface area contributed by atoms with Crippen LogP contribution in [0.3, 0.4) is 0 Å². The molecule has 2 aliphatic rings. The monoisotopic (exact) mass is 945 g/mol. The van der Waals surface area contributed by atoms with E-state index in [1.165, 1.54) is 55.6 Å². The number of nitrogens with zero attached hydrogens (tertiary/aromatic N) is 5. The van der Waals surface area contributed by atoms with E-state index in [0.717, 1.165) is 35.1 Å². The second kappa shape index (κ2) is 30.9. The van der Waals surface area contributed by atoms with Crippen LogP contribution >= 0.6 is 0 Å². The van der Waals surface area contributed by atoms with Crippen LogP contribution in [0.4, 0.5) is 0 Å². The van der Waals surface area contributed by atoms with Crippen molar-refractivity contribution in [2.45, 2.75) is 161 Å². The van der Waals surface area contributed by atoms with Gasteiger partial charge in [0.1, 0.15) is 0 Å². The van der Waals surface area contributed by atoms with Gasteiger partial charge in [0.2, 0.25) is 0 Å². The van der Waals surface area contributed by atoms with Gasteiger partial charge < -0.3 is 9.51 Å². The van der Waals surface area contributed by atoms with Crippen molar-refractivity contribution in [1.29, 1.82) is 0 Å². The standard InChI is InChI=1S/2C11H13N.C10H12N2.C10H11NO.C9H12.C8H11N.4CH4/c2*1-8(2)9-3-4-10-6-12-7-11(10)5-9;1-7(2)8-3-4-9-10(5-8)12-6-11-9;1-7(2)8-3-4-10-9(5-8)6-11-12-10;1-8(2)9-6-4-3-5-7-9;1-7(2)8-4-3-5-9-6-8;;;;/h3-5,7-8H,6H2,1-2H3;3-6,8H,7H2,1-2H3;3-7H,1-2H3,(H,11,12);3-7H,1-2H3;3-8H,1-2H3;3-7H,1-2H3;4*1H4. The fraction of sp³-hybridized carbons (Fsp3) is 0.381. The molecule has 0 amide bonds. The van der Waals surface area contributed by atoms with Crippen molar-refractivity contribution in [1.82, 2.24) is 20.1 Å². The maximum atomic E-state index is 5.00. The van der Waals surface area contributed by atoms with Crippen LogP contribution in [-0.2, 0) is 13.1 Å². The molecular weight excluding hydrogens is 857 g/mol. The van der Waals surface area contributed by atoms with E-state index in [4.69, 9.17) is 4.52 Å². The Labute approximate surface area is 424 Å². The highest BCUT2D eigenvalue weighted by Crippen LogP contribution is 2.24. The van der Waals surface area contributed by atoms with Crippen molar-refractivity contribution < 1.29 is 4.52 Å². The summed E-state index contributed by atoms with van der Waals surface area (Å²) in [5.74, 6) is 3.63. The van der Waals surface area contributed by atoms with Gasteiger partial charge in [-0.25, -0.2) is 4.98 Å². The van der Waals surface area contributed by atoms with Gasteiger partial charge in [0.05, 0.1) is 36.6 Å². The second-order valence-electron chi connectivity index (χ2n) is 18.8. The topological polar surface area (TPSA) is 92.3 Å². The maximum absolute atomic E-state index is 5.00. The van der Waals surface area contributed by atoms with Crippen molar-refractivity contribution in [3.05, 3.63) is 196 Å². The summed E-state index contributed by atoms with van der Waals surface area (Å²) in [4.78, 5) is 19.7. The Morgan fingerprint density at radius 1 is 0.457 bits per heavy atom. The third-order valence-electron chi connectivity index (χ3n) is 11.6. The fourth-order valence-corrected chi connectivity index (χ4v) is 7.09. The molecule has 0 saturated heterocycles. The molecule has 0 saturated carbocycles. The molecule has 0 fully saturated rings. The molecule has 7 nitrogen and oxygen atoms in total. The molecule has 5 heterocycles. The molecule has 1 N–H and O–H groups in total. The highest BCUT2D eigenvalue weighted by molar-refractivity contribution is 5.85. The van der Waals surface area contributed by atoms with Gasteiger partial charge in [-0.1, -0.05) is 197 Å². The Morgan fingerprint density at radius 3 is 1.57 bits per heavy atom. The lowest BCUT2D eigenvalue weighted by molar-refractivity contribution is 0.456. The third-order valence-corrected chi connectivity index (χ3v) is 11.6. The molecule has 0 radical (unpaired) electrons. The molecular formula is C63H88N6O. The molecule has 3 aromatic heterocycles. The average molecular weight is 945 g/mol. The fourth-order valence-electron chi connectivity index (χ4n) is 7.09. The summed E-state index contributed by atoms with van der Waals surface area (Å²) in [6.45, 7) is 28.1. The first kappa shape index (κ1) is 61.5. The number of fused-ring (bicyclic) bond motifs is 4. The van der Waals surface area contributed by atoms with E-state index in [1.54, 1.807) is 18.7 Å². The van der Waals surface area contributed by atoms with Crippen molar-refractivity contribution in [2.75, 3.05) is 0 Å². The number of aromatic amines is 1. The first-order valence-corrected chi connectivity index (χ1v) is 23.7. The Bertz CT molecular complexity index is 2600. The SMILES string of the molecule is C.C.C.C.CC(C)c1ccc2c(c1)C=NC2.CC(C)c1ccc2c(c1)CN=C2.CC(C)c1ccc2nc[nH]c2c1.CC(C)c1ccc2oncc2c1.CC(C)c1ccccc1.CC(C)c1cccnc1. The first-order chi connectivity index (χ1) is 31.7. The molecule has 0 bridgehead atoms. The van der Waals surface area contributed by atoms with E-state index >= 15 is 0 Å². The number of H-pyrrole nitrogens is 1. The zero-order valence-electron chi connectivity index (χ0n) is 41.5. The highest BCUT2D eigenvalue weighted by Gasteiger charge is 2.09. The van der Waals surface area contributed by atoms with Gasteiger partial charge in [0.25, 0.3) is 0 Å². The number of hydrogen-bond donors (Lipinski definition) is 1. The summed E-state index contributed by atoms with van der Waals surface area (Å²) >= 11 is 0. The van der Waals surface area contributed by atoms with Crippen LogP contribution in [-0.4, -0.2) is 32.5 Å². The highest BCUT2D eigenvalue weighted by atomic mass is 16.5. The molecule has 5 aromatic carbocycles. The van der Waals surface area contributed by atoms with Crippen molar-refractivity contribution in [3.63, 3.8) is 0 Å². The number of aromatic nitrogens is 4. The molecule has 0 unspecified atom stereocenters. The largest absolute Gasteiger partial charge is 0.356 e. The second-order valence-corrected chi connectivity index (χ2v) is 18.8. The van der Waals surface area contributed by atoms with E-state index in [-0.39, 0.29) is 29.7 Å². The van der Waals surface area contributed by atoms with Crippen LogP contribution in [0.1, 0.15) is 204 Å². The van der Waals surface area contributed by atoms with Crippen molar-refractivity contribution in [3.8, 4) is 0 Å². The van der Waals surface area contributed by atoms with Crippen molar-refractivity contribution >= 4 is 34.4 Å². The zero-order chi connectivity index (χ0) is 47.6. The smallest absolute Gasteiger partial charge is 0.166 e. The summed E-state index contributed by atoms with van der Waals surface area (Å²) in [6, 6.07) is 40.4. The number of pyridine rings is 1. The van der Waals surface area contributed by atoms with Gasteiger partial charge in [-0.3, -0.25) is 15.0 Å². The predicted molar refractivity (Wildman–Crippen MR) is 308 cm³/mol. The summed E-state index contributed by atoms with van der Waals surface area (Å²) < 4.78 is 5.00. The number of rotatable bonds is 6. The number of imidazole rings is 1. The van der Waals surface area contributed by atoms with Crippen LogP contribution in [0.15, 0.2) is 155 Å². The minimum absolute atomic E-state index is 0. The van der Waals surface area contributed by atoms with Crippen molar-refractivity contribution in [2.24, 2.45) is 9.98 Å². The summed E-state index contributed by atoms with van der Waals surface area (Å²) in [7, 11) is 0. The van der Waals surface area contributed by atoms with Gasteiger partial charge in [-0.05, 0) is 128 Å². The molecule has 0 atom stereocenters. The van der Waals surface area contributed by atoms with Crippen LogP contribution in [0.5, 0.6) is 0 Å². The van der Waals surface area contributed by atoms with Crippen LogP contribution in [0, 0.1) is 0 Å². The molecule has 2 aliphatic heterocycles. The lowest BCUT2D eigenvalue weighted by Gasteiger charge is -2.06. The van der Waals surface area contributed by atoms with E-state index in [2.05, 4.69) is 210 Å². The Kier molecular flexibility index (Phi) is 27.2. The number of benzene rings is 5. The Hall–Kier alpha value is -6.47. The molecule has 70 heavy (non-hydrogen) atoms. The third kappa shape index (κ3) is 18.8. The van der Waals surface area contributed by atoms with E-state index < -0.39 is 0 Å². The Balaban J connectivity index is 0.000000417. The summed E-state index contributed by atoms with van der Waals surface area (Å²) in [6.07, 6.45) is 11.1. The lowest BCUT2D eigenvalue weighted by Crippen LogP contribution is -1.91. The van der Waals surface area contributed by atoms with Crippen LogP contribution in [0.25, 0.3) is 22.0 Å². The molecule has 0 spiro atoms. The molecule has 10 rings (SSSR count). The number of aliphatic imine (C=N–C) groups is 2. The number of nitrogens with one attached hydrogen (secondary N) is 1. The van der Waals surface area contributed by atoms with E-state index in [1.807, 2.05) is 36.8 Å². The van der Waals surface area contributed by atoms with Gasteiger partial charge in [0, 0.05) is 30.2 Å². The maximum Gasteiger partial charge on any atom is 0.166 e. The van der Waals surface area contributed by atoms with Crippen LogP contribution < -0.4 is 0 Å². The number of hydrogen-bond acceptors (Lipinski definition) is 6. The quantitative estimate of drug-likeness (QED) is 0.180. The first-order valence-electron chi connectivity index (χ1n) is 23.7. The summed E-state index contributed by atoms with van der Waals surface area (Å²) in [5, 5.41) is 4.81. The zero-order valence-corrected chi connectivity index (χ0v) is 41.5. The average Bonchev–Trinajstić information content (AvgIpc) is 4.17. The molecule has 376 valence electrons. The van der Waals surface area contributed by atoms with Crippen LogP contribution in [0.2, 0.25) is 0 Å². The minimum Gasteiger partial charge on any atom is -0.356 e. The van der Waals surface area contributed by atoms with Gasteiger partial charge >= 0.3 is 0 Å². The normalized spacial score (nSPS) is 11.2. The molecule has 8 aromatic rings. The lowest BCUT2D eigenvalue weighted by atomic mass is 9.99. The van der Waals surface area contributed by atoms with Gasteiger partial charge in [-0.2, -0.15) is 0 Å².